The molecule has 0 radical (unpaired) electrons. The summed E-state index contributed by atoms with van der Waals surface area (Å²) >= 11 is 12.0. The molecule has 0 aliphatic carbocycles. The minimum Gasteiger partial charge on any atom is -0.338 e. The monoisotopic (exact) mass is 299 g/mol. The van der Waals surface area contributed by atoms with Crippen LogP contribution >= 0.6 is 23.2 Å². The fourth-order valence-corrected chi connectivity index (χ4v) is 2.29. The van der Waals surface area contributed by atoms with Crippen molar-refractivity contribution in [3.63, 3.8) is 0 Å². The molecule has 6 heteroatoms. The average Bonchev–Trinajstić information content (AvgIpc) is 2.83. The third-order valence-corrected chi connectivity index (χ3v) is 3.49. The van der Waals surface area contributed by atoms with Gasteiger partial charge in [0.05, 0.1) is 6.04 Å². The molecule has 4 nitrogen and oxygen atoms in total. The van der Waals surface area contributed by atoms with E-state index in [0.29, 0.717) is 28.2 Å². The lowest BCUT2D eigenvalue weighted by Gasteiger charge is -2.06. The topological polar surface area (TPSA) is 51.0 Å². The van der Waals surface area contributed by atoms with Crippen LogP contribution in [0.2, 0.25) is 10.0 Å². The molecule has 1 N–H and O–H groups in total. The van der Waals surface area contributed by atoms with Crippen LogP contribution in [0.3, 0.4) is 0 Å². The van der Waals surface area contributed by atoms with Gasteiger partial charge in [0.25, 0.3) is 0 Å². The van der Waals surface area contributed by atoms with Crippen molar-refractivity contribution in [3.8, 4) is 0 Å². The van der Waals surface area contributed by atoms with Crippen LogP contribution in [-0.2, 0) is 6.42 Å². The predicted octanol–water partition coefficient (Wildman–Crippen LogP) is 3.64. The van der Waals surface area contributed by atoms with E-state index >= 15 is 0 Å². The minimum atomic E-state index is 0.0851. The van der Waals surface area contributed by atoms with E-state index in [9.17, 15) is 0 Å². The summed E-state index contributed by atoms with van der Waals surface area (Å²) in [7, 11) is 1.87. The Kier molecular flexibility index (Phi) is 4.80. The van der Waals surface area contributed by atoms with E-state index in [4.69, 9.17) is 27.7 Å². The molecule has 0 amide bonds. The van der Waals surface area contributed by atoms with Gasteiger partial charge in [-0.2, -0.15) is 4.98 Å². The second kappa shape index (κ2) is 6.37. The van der Waals surface area contributed by atoms with Gasteiger partial charge in [-0.15, -0.1) is 0 Å². The van der Waals surface area contributed by atoms with E-state index in [2.05, 4.69) is 22.4 Å². The molecule has 0 aliphatic heterocycles. The zero-order valence-electron chi connectivity index (χ0n) is 10.8. The van der Waals surface area contributed by atoms with Gasteiger partial charge >= 0.3 is 0 Å². The van der Waals surface area contributed by atoms with Crippen molar-refractivity contribution >= 4 is 23.2 Å². The summed E-state index contributed by atoms with van der Waals surface area (Å²) in [5.74, 6) is 1.22. The second-order valence-electron chi connectivity index (χ2n) is 4.21. The molecule has 1 heterocycles. The second-order valence-corrected chi connectivity index (χ2v) is 5.05. The van der Waals surface area contributed by atoms with Crippen LogP contribution in [0, 0.1) is 0 Å². The number of hydrogen-bond donors (Lipinski definition) is 1. The van der Waals surface area contributed by atoms with Gasteiger partial charge in [-0.1, -0.05) is 41.3 Å². The Morgan fingerprint density at radius 3 is 2.79 bits per heavy atom. The zero-order chi connectivity index (χ0) is 13.8. The van der Waals surface area contributed by atoms with E-state index in [0.717, 1.165) is 12.0 Å². The highest BCUT2D eigenvalue weighted by atomic mass is 35.5. The van der Waals surface area contributed by atoms with Gasteiger partial charge in [-0.05, 0) is 31.2 Å². The van der Waals surface area contributed by atoms with E-state index in [-0.39, 0.29) is 6.04 Å². The zero-order valence-corrected chi connectivity index (χ0v) is 12.3. The van der Waals surface area contributed by atoms with Crippen LogP contribution in [0.25, 0.3) is 0 Å². The first-order valence-corrected chi connectivity index (χ1v) is 6.83. The van der Waals surface area contributed by atoms with Crippen molar-refractivity contribution in [3.05, 3.63) is 45.5 Å². The normalized spacial score (nSPS) is 12.6. The molecule has 0 saturated carbocycles. The summed E-state index contributed by atoms with van der Waals surface area (Å²) < 4.78 is 5.25. The fraction of sp³-hybridized carbons (Fsp3) is 0.385. The molecule has 19 heavy (non-hydrogen) atoms. The Morgan fingerprint density at radius 1 is 1.37 bits per heavy atom. The highest BCUT2D eigenvalue weighted by Crippen LogP contribution is 2.23. The lowest BCUT2D eigenvalue weighted by Crippen LogP contribution is -2.15. The number of halogens is 2. The third-order valence-electron chi connectivity index (χ3n) is 2.90. The summed E-state index contributed by atoms with van der Waals surface area (Å²) in [6.45, 7) is 2.06. The first-order valence-electron chi connectivity index (χ1n) is 6.07. The van der Waals surface area contributed by atoms with Crippen molar-refractivity contribution in [2.45, 2.75) is 25.8 Å². The molecular formula is C13H15Cl2N3O. The number of aromatic nitrogens is 2. The van der Waals surface area contributed by atoms with Crippen LogP contribution in [0.1, 0.15) is 36.7 Å². The molecule has 1 aromatic carbocycles. The van der Waals surface area contributed by atoms with Gasteiger partial charge in [0.15, 0.2) is 5.82 Å². The first-order chi connectivity index (χ1) is 9.13. The van der Waals surface area contributed by atoms with Crippen molar-refractivity contribution in [2.75, 3.05) is 7.05 Å². The maximum atomic E-state index is 6.12. The van der Waals surface area contributed by atoms with Gasteiger partial charge in [0.1, 0.15) is 0 Å². The summed E-state index contributed by atoms with van der Waals surface area (Å²) in [6, 6.07) is 5.46. The molecule has 0 saturated heterocycles. The van der Waals surface area contributed by atoms with Crippen LogP contribution in [0.5, 0.6) is 0 Å². The number of benzene rings is 1. The minimum absolute atomic E-state index is 0.0851. The summed E-state index contributed by atoms with van der Waals surface area (Å²) in [5.41, 5.74) is 0.927. The standard InChI is InChI=1S/C13H15Cl2N3O/c1-3-11(16-2)13-17-12(18-19-13)6-8-4-5-9(14)7-10(8)15/h4-5,7,11,16H,3,6H2,1-2H3. The highest BCUT2D eigenvalue weighted by Gasteiger charge is 2.15. The quantitative estimate of drug-likeness (QED) is 0.916. The third kappa shape index (κ3) is 3.47. The Balaban J connectivity index is 2.15. The smallest absolute Gasteiger partial charge is 0.243 e. The number of nitrogens with one attached hydrogen (secondary N) is 1. The molecule has 0 bridgehead atoms. The van der Waals surface area contributed by atoms with E-state index in [1.165, 1.54) is 0 Å². The van der Waals surface area contributed by atoms with Crippen molar-refractivity contribution < 1.29 is 4.52 Å². The van der Waals surface area contributed by atoms with E-state index in [1.807, 2.05) is 13.1 Å². The number of hydrogen-bond acceptors (Lipinski definition) is 4. The van der Waals surface area contributed by atoms with E-state index in [1.54, 1.807) is 12.1 Å². The number of rotatable bonds is 5. The first kappa shape index (κ1) is 14.3. The molecule has 0 aliphatic rings. The largest absolute Gasteiger partial charge is 0.338 e. The number of nitrogens with zero attached hydrogens (tertiary/aromatic N) is 2. The molecule has 1 atom stereocenters. The van der Waals surface area contributed by atoms with Gasteiger partial charge in [0.2, 0.25) is 5.89 Å². The average molecular weight is 300 g/mol. The van der Waals surface area contributed by atoms with Gasteiger partial charge in [0, 0.05) is 16.5 Å². The lowest BCUT2D eigenvalue weighted by molar-refractivity contribution is 0.331. The maximum absolute atomic E-state index is 6.12. The van der Waals surface area contributed by atoms with Crippen molar-refractivity contribution in [1.82, 2.24) is 15.5 Å². The van der Waals surface area contributed by atoms with Gasteiger partial charge < -0.3 is 9.84 Å². The fourth-order valence-electron chi connectivity index (χ4n) is 1.82. The van der Waals surface area contributed by atoms with Crippen molar-refractivity contribution in [2.24, 2.45) is 0 Å². The van der Waals surface area contributed by atoms with Gasteiger partial charge in [-0.25, -0.2) is 0 Å². The van der Waals surface area contributed by atoms with Crippen LogP contribution in [-0.4, -0.2) is 17.2 Å². The van der Waals surface area contributed by atoms with Crippen LogP contribution < -0.4 is 5.32 Å². The van der Waals surface area contributed by atoms with Crippen molar-refractivity contribution in [1.29, 1.82) is 0 Å². The molecular weight excluding hydrogens is 285 g/mol. The van der Waals surface area contributed by atoms with Crippen LogP contribution in [0.4, 0.5) is 0 Å². The maximum Gasteiger partial charge on any atom is 0.243 e. The van der Waals surface area contributed by atoms with Crippen LogP contribution in [0.15, 0.2) is 22.7 Å². The molecule has 0 spiro atoms. The Bertz CT molecular complexity index is 553. The SMILES string of the molecule is CCC(NC)c1nc(Cc2ccc(Cl)cc2Cl)no1. The molecule has 1 aromatic heterocycles. The highest BCUT2D eigenvalue weighted by molar-refractivity contribution is 6.35. The Morgan fingerprint density at radius 2 is 2.16 bits per heavy atom. The van der Waals surface area contributed by atoms with Gasteiger partial charge in [-0.3, -0.25) is 0 Å². The molecule has 2 aromatic rings. The molecule has 1 unspecified atom stereocenters. The van der Waals surface area contributed by atoms with E-state index < -0.39 is 0 Å². The molecule has 0 fully saturated rings. The predicted molar refractivity (Wildman–Crippen MR) is 75.7 cm³/mol. The Hall–Kier alpha value is -1.10. The lowest BCUT2D eigenvalue weighted by atomic mass is 10.1. The summed E-state index contributed by atoms with van der Waals surface area (Å²) in [6.07, 6.45) is 1.42. The summed E-state index contributed by atoms with van der Waals surface area (Å²) in [5, 5.41) is 8.32. The Labute approximate surface area is 122 Å². The molecule has 102 valence electrons. The molecule has 2 rings (SSSR count). The summed E-state index contributed by atoms with van der Waals surface area (Å²) in [4.78, 5) is 4.38.